The molecule has 142 valence electrons. The van der Waals surface area contributed by atoms with Crippen LogP contribution < -0.4 is 10.1 Å². The fraction of sp³-hybridized carbons (Fsp3) is 0.273. The first-order valence-corrected chi connectivity index (χ1v) is 10.3. The second-order valence-corrected chi connectivity index (χ2v) is 8.10. The predicted molar refractivity (Wildman–Crippen MR) is 108 cm³/mol. The first-order chi connectivity index (χ1) is 13.7. The monoisotopic (exact) mass is 392 g/mol. The molecule has 0 unspecified atom stereocenters. The third-order valence-corrected chi connectivity index (χ3v) is 6.42. The quantitative estimate of drug-likeness (QED) is 0.679. The second kappa shape index (κ2) is 6.63. The van der Waals surface area contributed by atoms with Crippen molar-refractivity contribution in [3.63, 3.8) is 0 Å². The van der Waals surface area contributed by atoms with Gasteiger partial charge in [-0.3, -0.25) is 4.79 Å². The van der Waals surface area contributed by atoms with Crippen LogP contribution in [0.2, 0.25) is 0 Å². The summed E-state index contributed by atoms with van der Waals surface area (Å²) in [5.74, 6) is 1.71. The van der Waals surface area contributed by atoms with Gasteiger partial charge < -0.3 is 14.6 Å². The molecular weight excluding hydrogens is 372 g/mol. The van der Waals surface area contributed by atoms with Crippen LogP contribution in [0.3, 0.4) is 0 Å². The Labute approximate surface area is 167 Å². The van der Waals surface area contributed by atoms with Gasteiger partial charge in [0.2, 0.25) is 5.88 Å². The molecule has 5 rings (SSSR count). The lowest BCUT2D eigenvalue weighted by atomic mass is 9.73. The van der Waals surface area contributed by atoms with E-state index in [4.69, 9.17) is 9.26 Å². The number of fused-ring (bicyclic) bond motifs is 1. The van der Waals surface area contributed by atoms with Crippen LogP contribution in [0, 0.1) is 6.92 Å². The summed E-state index contributed by atoms with van der Waals surface area (Å²) >= 11 is 1.64. The van der Waals surface area contributed by atoms with Gasteiger partial charge in [-0.2, -0.15) is 11.3 Å². The molecule has 0 amide bonds. The number of hydrogen-bond donors (Lipinski definition) is 1. The van der Waals surface area contributed by atoms with Crippen molar-refractivity contribution in [3.05, 3.63) is 74.7 Å². The molecule has 2 aliphatic rings. The van der Waals surface area contributed by atoms with Crippen molar-refractivity contribution in [2.75, 3.05) is 12.4 Å². The van der Waals surface area contributed by atoms with Crippen molar-refractivity contribution in [2.24, 2.45) is 0 Å². The molecule has 0 radical (unpaired) electrons. The zero-order valence-electron chi connectivity index (χ0n) is 15.7. The topological polar surface area (TPSA) is 64.4 Å². The molecule has 3 aromatic rings. The lowest BCUT2D eigenvalue weighted by Gasteiger charge is -2.34. The van der Waals surface area contributed by atoms with Gasteiger partial charge in [-0.1, -0.05) is 17.3 Å². The Morgan fingerprint density at radius 3 is 2.71 bits per heavy atom. The second-order valence-electron chi connectivity index (χ2n) is 7.32. The van der Waals surface area contributed by atoms with E-state index in [9.17, 15) is 4.79 Å². The van der Waals surface area contributed by atoms with Crippen LogP contribution in [0.1, 0.15) is 47.1 Å². The number of aryl methyl sites for hydroxylation is 1. The maximum Gasteiger partial charge on any atom is 0.233 e. The largest absolute Gasteiger partial charge is 0.497 e. The first kappa shape index (κ1) is 17.3. The summed E-state index contributed by atoms with van der Waals surface area (Å²) in [6.07, 6.45) is 1.28. The molecule has 1 aliphatic carbocycles. The zero-order chi connectivity index (χ0) is 19.3. The van der Waals surface area contributed by atoms with Gasteiger partial charge in [0.1, 0.15) is 5.75 Å². The number of ketones is 1. The van der Waals surface area contributed by atoms with Gasteiger partial charge >= 0.3 is 0 Å². The summed E-state index contributed by atoms with van der Waals surface area (Å²) in [6.45, 7) is 1.93. The summed E-state index contributed by atoms with van der Waals surface area (Å²) in [5, 5.41) is 11.7. The molecule has 0 saturated heterocycles. The minimum absolute atomic E-state index is 0.104. The van der Waals surface area contributed by atoms with E-state index in [1.165, 1.54) is 0 Å². The Bertz CT molecular complexity index is 1060. The van der Waals surface area contributed by atoms with Gasteiger partial charge in [0.15, 0.2) is 5.78 Å². The van der Waals surface area contributed by atoms with Crippen LogP contribution in [0.25, 0.3) is 0 Å². The van der Waals surface area contributed by atoms with Crippen molar-refractivity contribution < 1.29 is 14.1 Å². The highest BCUT2D eigenvalue weighted by atomic mass is 32.1. The number of allylic oxidation sites excluding steroid dienone is 2. The number of ether oxygens (including phenoxy) is 1. The molecule has 1 aromatic carbocycles. The van der Waals surface area contributed by atoms with Crippen LogP contribution in [0.4, 0.5) is 5.88 Å². The van der Waals surface area contributed by atoms with Crippen molar-refractivity contribution >= 4 is 23.0 Å². The lowest BCUT2D eigenvalue weighted by Crippen LogP contribution is -2.29. The average Bonchev–Trinajstić information content (AvgIpc) is 3.37. The van der Waals surface area contributed by atoms with Gasteiger partial charge in [0.05, 0.1) is 18.4 Å². The van der Waals surface area contributed by atoms with E-state index >= 15 is 0 Å². The number of carbonyl (C=O) groups excluding carboxylic acids is 1. The van der Waals surface area contributed by atoms with Gasteiger partial charge in [-0.25, -0.2) is 0 Å². The van der Waals surface area contributed by atoms with E-state index in [-0.39, 0.29) is 17.6 Å². The highest BCUT2D eigenvalue weighted by Crippen LogP contribution is 2.49. The summed E-state index contributed by atoms with van der Waals surface area (Å²) in [6, 6.07) is 10.1. The van der Waals surface area contributed by atoms with Crippen LogP contribution in [0.15, 0.2) is 56.9 Å². The molecule has 2 aromatic heterocycles. The molecule has 1 N–H and O–H groups in total. The Hall–Kier alpha value is -2.86. The van der Waals surface area contributed by atoms with E-state index in [0.29, 0.717) is 12.3 Å². The molecule has 0 fully saturated rings. The van der Waals surface area contributed by atoms with E-state index in [1.807, 2.05) is 36.6 Å². The molecule has 3 heterocycles. The zero-order valence-corrected chi connectivity index (χ0v) is 16.5. The summed E-state index contributed by atoms with van der Waals surface area (Å²) in [5.41, 5.74) is 5.90. The van der Waals surface area contributed by atoms with Crippen LogP contribution >= 0.6 is 11.3 Å². The molecule has 0 bridgehead atoms. The third kappa shape index (κ3) is 2.67. The third-order valence-electron chi connectivity index (χ3n) is 5.72. The number of hydrogen-bond acceptors (Lipinski definition) is 6. The molecular formula is C22H20N2O3S. The highest BCUT2D eigenvalue weighted by molar-refractivity contribution is 7.08. The van der Waals surface area contributed by atoms with E-state index in [0.717, 1.165) is 45.8 Å². The van der Waals surface area contributed by atoms with Crippen LogP contribution in [0.5, 0.6) is 5.75 Å². The Morgan fingerprint density at radius 2 is 2.00 bits per heavy atom. The summed E-state index contributed by atoms with van der Waals surface area (Å²) < 4.78 is 10.8. The number of rotatable bonds is 3. The highest BCUT2D eigenvalue weighted by Gasteiger charge is 2.41. The predicted octanol–water partition coefficient (Wildman–Crippen LogP) is 5.01. The maximum atomic E-state index is 13.3. The van der Waals surface area contributed by atoms with Gasteiger partial charge in [0, 0.05) is 23.6 Å². The SMILES string of the molecule is COc1ccc([C@@H]2CC(=O)C3=C(C2)Nc2onc(C)c2[C@@H]3c2ccsc2)cc1. The van der Waals surface area contributed by atoms with Gasteiger partial charge in [-0.05, 0) is 59.3 Å². The Morgan fingerprint density at radius 1 is 1.18 bits per heavy atom. The number of anilines is 1. The van der Waals surface area contributed by atoms with Crippen molar-refractivity contribution in [1.29, 1.82) is 0 Å². The van der Waals surface area contributed by atoms with Gasteiger partial charge in [0.25, 0.3) is 0 Å². The standard InChI is InChI=1S/C22H20N2O3S/c1-12-19-20(14-7-8-28-11-14)21-17(23-22(19)27-24-12)9-15(10-18(21)25)13-3-5-16(26-2)6-4-13/h3-8,11,15,20,23H,9-10H2,1-2H3/t15-,20-/m0/s1. The fourth-order valence-electron chi connectivity index (χ4n) is 4.36. The number of methoxy groups -OCH3 is 1. The number of benzene rings is 1. The molecule has 1 aliphatic heterocycles. The normalized spacial score (nSPS) is 21.1. The smallest absolute Gasteiger partial charge is 0.233 e. The summed E-state index contributed by atoms with van der Waals surface area (Å²) in [4.78, 5) is 13.3. The van der Waals surface area contributed by atoms with Gasteiger partial charge in [-0.15, -0.1) is 0 Å². The minimum Gasteiger partial charge on any atom is -0.497 e. The fourth-order valence-corrected chi connectivity index (χ4v) is 5.04. The van der Waals surface area contributed by atoms with E-state index < -0.39 is 0 Å². The molecule has 2 atom stereocenters. The van der Waals surface area contributed by atoms with E-state index in [2.05, 4.69) is 21.9 Å². The van der Waals surface area contributed by atoms with Crippen LogP contribution in [-0.2, 0) is 4.79 Å². The van der Waals surface area contributed by atoms with E-state index in [1.54, 1.807) is 18.4 Å². The number of nitrogens with zero attached hydrogens (tertiary/aromatic N) is 1. The molecule has 0 spiro atoms. The van der Waals surface area contributed by atoms with Crippen LogP contribution in [-0.4, -0.2) is 18.0 Å². The molecule has 6 heteroatoms. The van der Waals surface area contributed by atoms with Crippen molar-refractivity contribution in [2.45, 2.75) is 31.6 Å². The number of thiophene rings is 1. The number of aromatic nitrogens is 1. The lowest BCUT2D eigenvalue weighted by molar-refractivity contribution is -0.116. The Kier molecular flexibility index (Phi) is 4.09. The maximum absolute atomic E-state index is 13.3. The average molecular weight is 392 g/mol. The summed E-state index contributed by atoms with van der Waals surface area (Å²) in [7, 11) is 1.66. The van der Waals surface area contributed by atoms with Crippen molar-refractivity contribution in [3.8, 4) is 5.75 Å². The number of carbonyl (C=O) groups is 1. The Balaban J connectivity index is 1.56. The molecule has 0 saturated carbocycles. The number of nitrogens with one attached hydrogen (secondary N) is 1. The number of Topliss-reactive ketones (excluding diaryl/α,β-unsaturated/α-hetero) is 1. The minimum atomic E-state index is -0.104. The first-order valence-electron chi connectivity index (χ1n) is 9.31. The molecule has 5 nitrogen and oxygen atoms in total. The molecule has 28 heavy (non-hydrogen) atoms. The van der Waals surface area contributed by atoms with Crippen molar-refractivity contribution in [1.82, 2.24) is 5.16 Å².